The highest BCUT2D eigenvalue weighted by Crippen LogP contribution is 2.14. The standard InChI is InChI=1S/C17H23N3O3/c1-2-3-4-8-11-18-16(22)20-13-15(21)19(17(20)23)12-14-9-6-5-7-10-14/h5-7,9-10H,2-4,8,11-13H2,1H3,(H,18,22). The van der Waals surface area contributed by atoms with E-state index in [1.54, 1.807) is 0 Å². The maximum atomic E-state index is 12.3. The smallest absolute Gasteiger partial charge is 0.335 e. The number of carbonyl (C=O) groups excluding carboxylic acids is 3. The second-order valence-electron chi connectivity index (χ2n) is 5.63. The number of nitrogens with one attached hydrogen (secondary N) is 1. The summed E-state index contributed by atoms with van der Waals surface area (Å²) < 4.78 is 0. The number of rotatable bonds is 7. The van der Waals surface area contributed by atoms with Crippen LogP contribution in [-0.2, 0) is 11.3 Å². The lowest BCUT2D eigenvalue weighted by atomic mass is 10.2. The molecule has 0 unspecified atom stereocenters. The molecule has 124 valence electrons. The van der Waals surface area contributed by atoms with Crippen LogP contribution < -0.4 is 5.32 Å². The van der Waals surface area contributed by atoms with Crippen molar-refractivity contribution < 1.29 is 14.4 Å². The second-order valence-corrected chi connectivity index (χ2v) is 5.63. The summed E-state index contributed by atoms with van der Waals surface area (Å²) in [5, 5.41) is 2.71. The Labute approximate surface area is 136 Å². The average Bonchev–Trinajstić information content (AvgIpc) is 2.84. The zero-order chi connectivity index (χ0) is 16.7. The fourth-order valence-corrected chi connectivity index (χ4v) is 2.46. The van der Waals surface area contributed by atoms with Crippen LogP contribution in [0, 0.1) is 0 Å². The van der Waals surface area contributed by atoms with Gasteiger partial charge >= 0.3 is 12.1 Å². The minimum Gasteiger partial charge on any atom is -0.338 e. The Morgan fingerprint density at radius 2 is 1.87 bits per heavy atom. The second kappa shape index (κ2) is 8.31. The van der Waals surface area contributed by atoms with Gasteiger partial charge in [-0.05, 0) is 12.0 Å². The van der Waals surface area contributed by atoms with Crippen LogP contribution in [-0.4, -0.2) is 40.9 Å². The van der Waals surface area contributed by atoms with E-state index in [0.717, 1.165) is 41.0 Å². The van der Waals surface area contributed by atoms with E-state index in [1.807, 2.05) is 30.3 Å². The molecule has 0 radical (unpaired) electrons. The molecule has 1 N–H and O–H groups in total. The lowest BCUT2D eigenvalue weighted by Gasteiger charge is -2.16. The van der Waals surface area contributed by atoms with Crippen molar-refractivity contribution in [2.24, 2.45) is 0 Å². The quantitative estimate of drug-likeness (QED) is 0.621. The molecule has 1 saturated heterocycles. The molecule has 1 aromatic rings. The van der Waals surface area contributed by atoms with Crippen LogP contribution >= 0.6 is 0 Å². The summed E-state index contributed by atoms with van der Waals surface area (Å²) in [5.41, 5.74) is 0.857. The molecular formula is C17H23N3O3. The third kappa shape index (κ3) is 4.55. The Bertz CT molecular complexity index is 559. The van der Waals surface area contributed by atoms with Crippen molar-refractivity contribution in [3.8, 4) is 0 Å². The Kier molecular flexibility index (Phi) is 6.14. The summed E-state index contributed by atoms with van der Waals surface area (Å²) in [7, 11) is 0. The maximum absolute atomic E-state index is 12.3. The SMILES string of the molecule is CCCCCCNC(=O)N1CC(=O)N(Cc2ccccc2)C1=O. The molecule has 23 heavy (non-hydrogen) atoms. The van der Waals surface area contributed by atoms with E-state index in [4.69, 9.17) is 0 Å². The molecule has 1 aromatic carbocycles. The Balaban J connectivity index is 1.86. The van der Waals surface area contributed by atoms with Gasteiger partial charge in [0.25, 0.3) is 5.91 Å². The van der Waals surface area contributed by atoms with E-state index < -0.39 is 12.1 Å². The van der Waals surface area contributed by atoms with E-state index in [0.29, 0.717) is 6.54 Å². The zero-order valence-electron chi connectivity index (χ0n) is 13.5. The molecule has 0 atom stereocenters. The van der Waals surface area contributed by atoms with Crippen LogP contribution in [0.1, 0.15) is 38.2 Å². The number of hydrogen-bond acceptors (Lipinski definition) is 3. The molecule has 0 aromatic heterocycles. The third-order valence-corrected chi connectivity index (χ3v) is 3.79. The van der Waals surface area contributed by atoms with Gasteiger partial charge in [0, 0.05) is 6.54 Å². The topological polar surface area (TPSA) is 69.7 Å². The van der Waals surface area contributed by atoms with Crippen molar-refractivity contribution in [1.29, 1.82) is 0 Å². The molecule has 6 heteroatoms. The molecule has 6 nitrogen and oxygen atoms in total. The molecule has 5 amide bonds. The van der Waals surface area contributed by atoms with Crippen molar-refractivity contribution in [2.75, 3.05) is 13.1 Å². The average molecular weight is 317 g/mol. The molecule has 1 heterocycles. The van der Waals surface area contributed by atoms with Crippen molar-refractivity contribution in [3.63, 3.8) is 0 Å². The van der Waals surface area contributed by atoms with Gasteiger partial charge in [-0.2, -0.15) is 0 Å². The Hall–Kier alpha value is -2.37. The highest BCUT2D eigenvalue weighted by Gasteiger charge is 2.39. The van der Waals surface area contributed by atoms with E-state index in [9.17, 15) is 14.4 Å². The number of nitrogens with zero attached hydrogens (tertiary/aromatic N) is 2. The number of carbonyl (C=O) groups is 3. The lowest BCUT2D eigenvalue weighted by Crippen LogP contribution is -2.42. The molecule has 0 spiro atoms. The number of imide groups is 2. The van der Waals surface area contributed by atoms with Gasteiger partial charge in [0.1, 0.15) is 6.54 Å². The molecule has 0 aliphatic carbocycles. The van der Waals surface area contributed by atoms with Crippen molar-refractivity contribution >= 4 is 18.0 Å². The van der Waals surface area contributed by atoms with E-state index >= 15 is 0 Å². The largest absolute Gasteiger partial charge is 0.338 e. The predicted molar refractivity (Wildman–Crippen MR) is 86.6 cm³/mol. The molecule has 1 aliphatic rings. The third-order valence-electron chi connectivity index (χ3n) is 3.79. The van der Waals surface area contributed by atoms with Gasteiger partial charge in [0.15, 0.2) is 0 Å². The number of unbranched alkanes of at least 4 members (excludes halogenated alkanes) is 3. The maximum Gasteiger partial charge on any atom is 0.335 e. The number of amides is 5. The number of hydrogen-bond donors (Lipinski definition) is 1. The lowest BCUT2D eigenvalue weighted by molar-refractivity contribution is -0.125. The van der Waals surface area contributed by atoms with Gasteiger partial charge in [-0.1, -0.05) is 56.5 Å². The van der Waals surface area contributed by atoms with E-state index in [1.165, 1.54) is 0 Å². The number of urea groups is 2. The van der Waals surface area contributed by atoms with Crippen LogP contribution in [0.5, 0.6) is 0 Å². The summed E-state index contributed by atoms with van der Waals surface area (Å²) >= 11 is 0. The molecule has 0 saturated carbocycles. The predicted octanol–water partition coefficient (Wildman–Crippen LogP) is 2.74. The van der Waals surface area contributed by atoms with Gasteiger partial charge in [0.05, 0.1) is 6.54 Å². The van der Waals surface area contributed by atoms with E-state index in [2.05, 4.69) is 12.2 Å². The van der Waals surface area contributed by atoms with Crippen molar-refractivity contribution in [3.05, 3.63) is 35.9 Å². The summed E-state index contributed by atoms with van der Waals surface area (Å²) in [5.74, 6) is -0.347. The Morgan fingerprint density at radius 3 is 2.57 bits per heavy atom. The number of benzene rings is 1. The fraction of sp³-hybridized carbons (Fsp3) is 0.471. The first-order chi connectivity index (χ1) is 11.1. The van der Waals surface area contributed by atoms with Crippen LogP contribution in [0.2, 0.25) is 0 Å². The Morgan fingerprint density at radius 1 is 1.13 bits per heavy atom. The minimum absolute atomic E-state index is 0.188. The highest BCUT2D eigenvalue weighted by atomic mass is 16.2. The first-order valence-electron chi connectivity index (χ1n) is 8.07. The minimum atomic E-state index is -0.551. The highest BCUT2D eigenvalue weighted by molar-refractivity contribution is 6.09. The molecule has 1 fully saturated rings. The van der Waals surface area contributed by atoms with Crippen molar-refractivity contribution in [2.45, 2.75) is 39.2 Å². The summed E-state index contributed by atoms with van der Waals surface area (Å²) in [6, 6.07) is 8.21. The van der Waals surface area contributed by atoms with Crippen LogP contribution in [0.4, 0.5) is 9.59 Å². The normalized spacial score (nSPS) is 14.5. The van der Waals surface area contributed by atoms with Gasteiger partial charge in [-0.3, -0.25) is 9.69 Å². The monoisotopic (exact) mass is 317 g/mol. The fourth-order valence-electron chi connectivity index (χ4n) is 2.46. The molecule has 2 rings (SSSR count). The van der Waals surface area contributed by atoms with Crippen LogP contribution in [0.15, 0.2) is 30.3 Å². The van der Waals surface area contributed by atoms with Gasteiger partial charge in [0.2, 0.25) is 0 Å². The first-order valence-corrected chi connectivity index (χ1v) is 8.07. The van der Waals surface area contributed by atoms with Crippen LogP contribution in [0.3, 0.4) is 0 Å². The summed E-state index contributed by atoms with van der Waals surface area (Å²) in [6.07, 6.45) is 4.18. The summed E-state index contributed by atoms with van der Waals surface area (Å²) in [4.78, 5) is 38.4. The van der Waals surface area contributed by atoms with Gasteiger partial charge in [-0.15, -0.1) is 0 Å². The zero-order valence-corrected chi connectivity index (χ0v) is 13.5. The van der Waals surface area contributed by atoms with Gasteiger partial charge < -0.3 is 5.32 Å². The van der Waals surface area contributed by atoms with E-state index in [-0.39, 0.29) is 19.0 Å². The summed E-state index contributed by atoms with van der Waals surface area (Å²) in [6.45, 7) is 2.65. The molecule has 1 aliphatic heterocycles. The van der Waals surface area contributed by atoms with Gasteiger partial charge in [-0.25, -0.2) is 14.5 Å². The molecular weight excluding hydrogens is 294 g/mol. The van der Waals surface area contributed by atoms with Crippen LogP contribution in [0.25, 0.3) is 0 Å². The molecule has 0 bridgehead atoms. The van der Waals surface area contributed by atoms with Crippen molar-refractivity contribution in [1.82, 2.24) is 15.1 Å². The first kappa shape index (κ1) is 17.0.